The van der Waals surface area contributed by atoms with E-state index in [4.69, 9.17) is 0 Å². The lowest BCUT2D eigenvalue weighted by atomic mass is 10.1. The van der Waals surface area contributed by atoms with Crippen LogP contribution in [0.15, 0.2) is 48.5 Å². The standard InChI is InChI=1S/C16H15F2NO2/c17-13-8-4-7-12(16(13)18)9-15(21)19-14(10-20)11-5-2-1-3-6-11/h1-8,14,20H,9-10H2,(H,19,21). The SMILES string of the molecule is O=C(Cc1cccc(F)c1F)NC(CO)c1ccccc1. The van der Waals surface area contributed by atoms with Crippen LogP contribution in [0.1, 0.15) is 17.2 Å². The van der Waals surface area contributed by atoms with Crippen molar-refractivity contribution in [3.05, 3.63) is 71.3 Å². The molecule has 0 bridgehead atoms. The zero-order chi connectivity index (χ0) is 15.2. The van der Waals surface area contributed by atoms with Crippen molar-refractivity contribution in [2.75, 3.05) is 6.61 Å². The normalized spacial score (nSPS) is 12.0. The number of benzene rings is 2. The number of hydrogen-bond acceptors (Lipinski definition) is 2. The molecule has 110 valence electrons. The van der Waals surface area contributed by atoms with Crippen LogP contribution >= 0.6 is 0 Å². The number of aliphatic hydroxyl groups is 1. The Kier molecular flexibility index (Phi) is 5.00. The number of halogens is 2. The Hall–Kier alpha value is -2.27. The second-order valence-electron chi connectivity index (χ2n) is 4.60. The first-order valence-corrected chi connectivity index (χ1v) is 6.50. The van der Waals surface area contributed by atoms with Gasteiger partial charge in [0, 0.05) is 5.56 Å². The molecule has 0 saturated heterocycles. The average molecular weight is 291 g/mol. The molecule has 0 aliphatic rings. The molecule has 21 heavy (non-hydrogen) atoms. The van der Waals surface area contributed by atoms with Crippen molar-refractivity contribution < 1.29 is 18.7 Å². The number of aliphatic hydroxyl groups excluding tert-OH is 1. The lowest BCUT2D eigenvalue weighted by molar-refractivity contribution is -0.121. The van der Waals surface area contributed by atoms with Crippen LogP contribution in [0, 0.1) is 11.6 Å². The fourth-order valence-corrected chi connectivity index (χ4v) is 2.02. The first-order chi connectivity index (χ1) is 10.1. The van der Waals surface area contributed by atoms with Crippen molar-refractivity contribution in [1.29, 1.82) is 0 Å². The molecule has 0 aliphatic heterocycles. The van der Waals surface area contributed by atoms with Crippen LogP contribution in [-0.2, 0) is 11.2 Å². The first kappa shape index (κ1) is 15.1. The van der Waals surface area contributed by atoms with Gasteiger partial charge in [-0.15, -0.1) is 0 Å². The average Bonchev–Trinajstić information content (AvgIpc) is 2.50. The van der Waals surface area contributed by atoms with E-state index in [0.29, 0.717) is 0 Å². The molecule has 2 aromatic rings. The Morgan fingerprint density at radius 3 is 2.48 bits per heavy atom. The maximum Gasteiger partial charge on any atom is 0.225 e. The summed E-state index contributed by atoms with van der Waals surface area (Å²) in [7, 11) is 0. The molecule has 3 nitrogen and oxygen atoms in total. The van der Waals surface area contributed by atoms with Gasteiger partial charge in [-0.05, 0) is 11.6 Å². The summed E-state index contributed by atoms with van der Waals surface area (Å²) in [6, 6.07) is 12.1. The van der Waals surface area contributed by atoms with Crippen molar-refractivity contribution >= 4 is 5.91 Å². The smallest absolute Gasteiger partial charge is 0.225 e. The maximum atomic E-state index is 13.5. The van der Waals surface area contributed by atoms with E-state index in [1.165, 1.54) is 12.1 Å². The second-order valence-corrected chi connectivity index (χ2v) is 4.60. The highest BCUT2D eigenvalue weighted by molar-refractivity contribution is 5.79. The highest BCUT2D eigenvalue weighted by Gasteiger charge is 2.16. The van der Waals surface area contributed by atoms with Gasteiger partial charge in [0.05, 0.1) is 19.1 Å². The summed E-state index contributed by atoms with van der Waals surface area (Å²) < 4.78 is 26.6. The predicted molar refractivity (Wildman–Crippen MR) is 74.5 cm³/mol. The van der Waals surface area contributed by atoms with Gasteiger partial charge >= 0.3 is 0 Å². The minimum atomic E-state index is -1.02. The van der Waals surface area contributed by atoms with Crippen LogP contribution in [0.5, 0.6) is 0 Å². The van der Waals surface area contributed by atoms with Gasteiger partial charge in [0.15, 0.2) is 11.6 Å². The summed E-state index contributed by atoms with van der Waals surface area (Å²) >= 11 is 0. The highest BCUT2D eigenvalue weighted by Crippen LogP contribution is 2.14. The van der Waals surface area contributed by atoms with Gasteiger partial charge < -0.3 is 10.4 Å². The van der Waals surface area contributed by atoms with E-state index in [2.05, 4.69) is 5.32 Å². The van der Waals surface area contributed by atoms with Crippen LogP contribution in [0.25, 0.3) is 0 Å². The molecule has 0 aliphatic carbocycles. The topological polar surface area (TPSA) is 49.3 Å². The van der Waals surface area contributed by atoms with Crippen LogP contribution in [-0.4, -0.2) is 17.6 Å². The number of rotatable bonds is 5. The van der Waals surface area contributed by atoms with Crippen LogP contribution in [0.4, 0.5) is 8.78 Å². The minimum absolute atomic E-state index is 0.0164. The number of amides is 1. The van der Waals surface area contributed by atoms with Gasteiger partial charge in [0.2, 0.25) is 5.91 Å². The third kappa shape index (κ3) is 3.86. The van der Waals surface area contributed by atoms with E-state index in [-0.39, 0.29) is 18.6 Å². The van der Waals surface area contributed by atoms with Crippen LogP contribution in [0.2, 0.25) is 0 Å². The second kappa shape index (κ2) is 6.95. The maximum absolute atomic E-state index is 13.5. The fraction of sp³-hybridized carbons (Fsp3) is 0.188. The lowest BCUT2D eigenvalue weighted by Crippen LogP contribution is -2.32. The van der Waals surface area contributed by atoms with Crippen LogP contribution in [0.3, 0.4) is 0 Å². The monoisotopic (exact) mass is 291 g/mol. The molecule has 0 saturated carbocycles. The van der Waals surface area contributed by atoms with Crippen molar-refractivity contribution in [2.24, 2.45) is 0 Å². The quantitative estimate of drug-likeness (QED) is 0.888. The fourth-order valence-electron chi connectivity index (χ4n) is 2.02. The number of nitrogens with one attached hydrogen (secondary N) is 1. The molecule has 0 spiro atoms. The van der Waals surface area contributed by atoms with E-state index in [1.807, 2.05) is 6.07 Å². The Bertz CT molecular complexity index is 617. The zero-order valence-electron chi connectivity index (χ0n) is 11.2. The summed E-state index contributed by atoms with van der Waals surface area (Å²) in [5.41, 5.74) is 0.727. The third-order valence-corrected chi connectivity index (χ3v) is 3.10. The summed E-state index contributed by atoms with van der Waals surface area (Å²) in [5, 5.41) is 11.9. The largest absolute Gasteiger partial charge is 0.394 e. The van der Waals surface area contributed by atoms with E-state index in [9.17, 15) is 18.7 Å². The van der Waals surface area contributed by atoms with Crippen molar-refractivity contribution in [2.45, 2.75) is 12.5 Å². The van der Waals surface area contributed by atoms with Gasteiger partial charge in [0.25, 0.3) is 0 Å². The summed E-state index contributed by atoms with van der Waals surface area (Å²) in [6.07, 6.45) is -0.285. The molecular formula is C16H15F2NO2. The van der Waals surface area contributed by atoms with E-state index in [1.54, 1.807) is 24.3 Å². The van der Waals surface area contributed by atoms with Crippen molar-refractivity contribution in [3.8, 4) is 0 Å². The summed E-state index contributed by atoms with van der Waals surface area (Å²) in [6.45, 7) is -0.276. The predicted octanol–water partition coefficient (Wildman–Crippen LogP) is 2.36. The number of carbonyl (C=O) groups excluding carboxylic acids is 1. The molecule has 0 fully saturated rings. The first-order valence-electron chi connectivity index (χ1n) is 6.50. The van der Waals surface area contributed by atoms with Crippen LogP contribution < -0.4 is 5.32 Å². The molecule has 0 heterocycles. The van der Waals surface area contributed by atoms with E-state index in [0.717, 1.165) is 11.6 Å². The summed E-state index contributed by atoms with van der Waals surface area (Å²) in [5.74, 6) is -2.49. The van der Waals surface area contributed by atoms with E-state index >= 15 is 0 Å². The van der Waals surface area contributed by atoms with E-state index < -0.39 is 23.6 Å². The number of hydrogen-bond donors (Lipinski definition) is 2. The minimum Gasteiger partial charge on any atom is -0.394 e. The Balaban J connectivity index is 2.05. The molecule has 2 N–H and O–H groups in total. The third-order valence-electron chi connectivity index (χ3n) is 3.10. The molecule has 1 amide bonds. The Labute approximate surface area is 121 Å². The molecule has 1 unspecified atom stereocenters. The van der Waals surface area contributed by atoms with Crippen molar-refractivity contribution in [1.82, 2.24) is 5.32 Å². The highest BCUT2D eigenvalue weighted by atomic mass is 19.2. The Morgan fingerprint density at radius 2 is 1.81 bits per heavy atom. The molecule has 2 rings (SSSR count). The molecule has 0 radical (unpaired) electrons. The van der Waals surface area contributed by atoms with Gasteiger partial charge in [0.1, 0.15) is 0 Å². The van der Waals surface area contributed by atoms with Gasteiger partial charge in [-0.2, -0.15) is 0 Å². The van der Waals surface area contributed by atoms with Crippen molar-refractivity contribution in [3.63, 3.8) is 0 Å². The molecular weight excluding hydrogens is 276 g/mol. The molecule has 5 heteroatoms. The number of carbonyl (C=O) groups is 1. The van der Waals surface area contributed by atoms with Gasteiger partial charge in [-0.3, -0.25) is 4.79 Å². The summed E-state index contributed by atoms with van der Waals surface area (Å²) in [4.78, 5) is 11.9. The zero-order valence-corrected chi connectivity index (χ0v) is 11.2. The molecule has 1 atom stereocenters. The Morgan fingerprint density at radius 1 is 1.10 bits per heavy atom. The van der Waals surface area contributed by atoms with Gasteiger partial charge in [-0.1, -0.05) is 42.5 Å². The molecule has 2 aromatic carbocycles. The van der Waals surface area contributed by atoms with Gasteiger partial charge in [-0.25, -0.2) is 8.78 Å². The lowest BCUT2D eigenvalue weighted by Gasteiger charge is -2.16. The molecule has 0 aromatic heterocycles.